The molecule has 6 bridgehead atoms. The first-order valence-corrected chi connectivity index (χ1v) is 24.2. The molecule has 4 aliphatic heterocycles. The van der Waals surface area contributed by atoms with Crippen LogP contribution in [0.15, 0.2) is 67.4 Å². The van der Waals surface area contributed by atoms with Crippen LogP contribution >= 0.6 is 47.0 Å². The van der Waals surface area contributed by atoms with E-state index < -0.39 is 272 Å². The Bertz CT molecular complexity index is 3570. The van der Waals surface area contributed by atoms with Crippen molar-refractivity contribution in [2.45, 2.75) is 49.1 Å². The number of fused-ring (bicyclic) bond motifs is 14. The Morgan fingerprint density at radius 3 is 1.38 bits per heavy atom. The monoisotopic (exact) mass is 1180 g/mol. The second kappa shape index (κ2) is 17.0. The van der Waals surface area contributed by atoms with E-state index in [4.69, 9.17) is 0 Å². The van der Waals surface area contributed by atoms with Gasteiger partial charge in [-0.15, -0.1) is 0 Å². The summed E-state index contributed by atoms with van der Waals surface area (Å²) in [7, 11) is 0. The molecule has 33 heteroatoms. The molecule has 6 heterocycles. The molecule has 0 N–H and O–H groups in total. The van der Waals surface area contributed by atoms with Gasteiger partial charge in [-0.1, -0.05) is 0 Å². The predicted octanol–water partition coefficient (Wildman–Crippen LogP) is 11.4. The van der Waals surface area contributed by atoms with Crippen LogP contribution in [-0.2, 0) is 0 Å². The zero-order chi connectivity index (χ0) is 49.7. The molecule has 1 aliphatic carbocycles. The van der Waals surface area contributed by atoms with Gasteiger partial charge < -0.3 is 0 Å². The molecule has 5 aromatic rings. The van der Waals surface area contributed by atoms with Gasteiger partial charge >= 0.3 is 395 Å². The minimum atomic E-state index is -4.00. The van der Waals surface area contributed by atoms with Crippen molar-refractivity contribution in [1.82, 2.24) is 5.58 Å². The van der Waals surface area contributed by atoms with Gasteiger partial charge in [-0.25, -0.2) is 0 Å². The SMILES string of the molecule is FC1=C2C3=NC(=Nc4c5c(F)c(F)c(SC(F)F)c(F)c5c5[n]4[Sn][n]4c(c6c(F)c(F)c(SC(F)F)c(F)c6c4=N3)=NC3=NC(=N5)c4c(F)c(F)c(SC(F)F)c(F)c43)C2=C(F)C(SC(F)F)C1F. The maximum absolute atomic E-state index is 16.9. The van der Waals surface area contributed by atoms with Gasteiger partial charge in [-0.2, -0.15) is 0 Å². The summed E-state index contributed by atoms with van der Waals surface area (Å²) in [6.45, 7) is 0. The Morgan fingerprint density at radius 2 is 0.812 bits per heavy atom. The zero-order valence-corrected chi connectivity index (χ0v) is 37.9. The number of aromatic nitrogens is 2. The fraction of sp³-hybridized carbons (Fsp3) is 0.167. The van der Waals surface area contributed by atoms with E-state index in [0.29, 0.717) is 5.58 Å². The molecule has 0 saturated heterocycles. The maximum atomic E-state index is 16.9. The summed E-state index contributed by atoms with van der Waals surface area (Å²) in [4.78, 5) is 17.9. The summed E-state index contributed by atoms with van der Waals surface area (Å²) in [5, 5.41) is -8.80. The first-order chi connectivity index (χ1) is 32.5. The van der Waals surface area contributed by atoms with E-state index in [1.165, 1.54) is 0 Å². The normalized spacial score (nSPS) is 18.4. The third kappa shape index (κ3) is 7.08. The molecule has 2 atom stereocenters. The Labute approximate surface area is 393 Å². The van der Waals surface area contributed by atoms with Crippen molar-refractivity contribution in [3.8, 4) is 0 Å². The van der Waals surface area contributed by atoms with Crippen LogP contribution in [0.4, 0.5) is 99.4 Å². The van der Waals surface area contributed by atoms with Crippen molar-refractivity contribution < 1.29 is 87.8 Å². The van der Waals surface area contributed by atoms with Crippen LogP contribution in [-0.4, -0.2) is 85.1 Å². The van der Waals surface area contributed by atoms with Crippen molar-refractivity contribution in [3.63, 3.8) is 0 Å². The van der Waals surface area contributed by atoms with Crippen LogP contribution in [0, 0.1) is 52.4 Å². The Kier molecular flexibility index (Phi) is 11.8. The number of alkyl halides is 9. The van der Waals surface area contributed by atoms with Crippen molar-refractivity contribution in [2.24, 2.45) is 30.0 Å². The van der Waals surface area contributed by atoms with Crippen LogP contribution < -0.4 is 11.0 Å². The van der Waals surface area contributed by atoms with E-state index in [1.807, 2.05) is 0 Å². The van der Waals surface area contributed by atoms with E-state index >= 15 is 52.7 Å². The van der Waals surface area contributed by atoms with Gasteiger partial charge in [0, 0.05) is 0 Å². The molecule has 0 fully saturated rings. The number of hydrogen-bond acceptors (Lipinski definition) is 10. The molecular weight excluding hydrogens is 1170 g/mol. The van der Waals surface area contributed by atoms with E-state index in [-0.39, 0.29) is 0 Å². The average Bonchev–Trinajstić information content (AvgIpc) is 3.99. The molecular formula is C36H6F20N8S4Sn. The van der Waals surface area contributed by atoms with E-state index in [0.717, 1.165) is 0 Å². The summed E-state index contributed by atoms with van der Waals surface area (Å²) < 4.78 is 306. The third-order valence-electron chi connectivity index (χ3n) is 10.3. The number of thioether (sulfide) groups is 4. The summed E-state index contributed by atoms with van der Waals surface area (Å²) in [5.74, 6) is -47.6. The molecule has 5 aliphatic rings. The van der Waals surface area contributed by atoms with E-state index in [9.17, 15) is 35.1 Å². The Morgan fingerprint density at radius 1 is 0.406 bits per heavy atom. The third-order valence-corrected chi connectivity index (χ3v) is 17.1. The summed E-state index contributed by atoms with van der Waals surface area (Å²) >= 11 is -7.61. The molecule has 69 heavy (non-hydrogen) atoms. The molecule has 10 rings (SSSR count). The van der Waals surface area contributed by atoms with Crippen molar-refractivity contribution in [1.29, 1.82) is 0 Å². The van der Waals surface area contributed by atoms with Crippen LogP contribution in [0.5, 0.6) is 0 Å². The van der Waals surface area contributed by atoms with Gasteiger partial charge in [0.15, 0.2) is 0 Å². The van der Waals surface area contributed by atoms with E-state index in [1.54, 1.807) is 0 Å². The van der Waals surface area contributed by atoms with Crippen LogP contribution in [0.1, 0.15) is 11.1 Å². The van der Waals surface area contributed by atoms with Crippen molar-refractivity contribution >= 4 is 125 Å². The van der Waals surface area contributed by atoms with Crippen LogP contribution in [0.3, 0.4) is 0 Å². The molecule has 2 radical (unpaired) electrons. The average molecular weight is 1180 g/mol. The number of halogens is 20. The molecule has 0 saturated carbocycles. The topological polar surface area (TPSA) is 84.0 Å². The fourth-order valence-electron chi connectivity index (χ4n) is 7.72. The number of rotatable bonds is 8. The standard InChI is InChI=1S/C36H6F20N8S4.Sn/c37-9-1-5(13(41)21(17(9)45)65-33(49)50)29-57-25(1)61-30-6-2(10(38)18(46)22(14(6)42)66-34(51)52)27(58-30)63-32-8-4(12(40)20(48)24(16(8)44)68-36(55)56)28(60-32)64-31-7-3(26(59-31)62-29)11(39)19(47)23(15(7)43)67-35(53)54;/h17,21,33-36H;/q-2;+2. The number of allylic oxidation sites excluding steroid dienone is 1. The van der Waals surface area contributed by atoms with Crippen LogP contribution in [0.2, 0.25) is 0 Å². The Hall–Kier alpha value is -4.70. The van der Waals surface area contributed by atoms with Gasteiger partial charge in [0.25, 0.3) is 0 Å². The first-order valence-electron chi connectivity index (χ1n) is 18.0. The number of nitrogens with zero attached hydrogens (tertiary/aromatic N) is 8. The van der Waals surface area contributed by atoms with Crippen molar-refractivity contribution in [2.75, 3.05) is 0 Å². The van der Waals surface area contributed by atoms with E-state index in [2.05, 4.69) is 30.0 Å². The number of hydrogen-bond donors (Lipinski definition) is 0. The predicted molar refractivity (Wildman–Crippen MR) is 210 cm³/mol. The number of amidine groups is 4. The summed E-state index contributed by atoms with van der Waals surface area (Å²) in [5.41, 5.74) is -8.40. The Balaban J connectivity index is 1.49. The number of benzene rings is 3. The summed E-state index contributed by atoms with van der Waals surface area (Å²) in [6, 6.07) is 0. The second-order valence-corrected chi connectivity index (χ2v) is 21.2. The van der Waals surface area contributed by atoms with Gasteiger partial charge in [0.2, 0.25) is 0 Å². The molecule has 2 unspecified atom stereocenters. The minimum absolute atomic E-state index is 0.432. The number of aliphatic imine (C=N–C) groups is 4. The second-order valence-electron chi connectivity index (χ2n) is 13.9. The summed E-state index contributed by atoms with van der Waals surface area (Å²) in [6.07, 6.45) is -3.34. The quantitative estimate of drug-likeness (QED) is 0.0671. The molecule has 3 aromatic carbocycles. The van der Waals surface area contributed by atoms with Gasteiger partial charge in [-0.3, -0.25) is 0 Å². The van der Waals surface area contributed by atoms with Gasteiger partial charge in [-0.05, 0) is 0 Å². The molecule has 2 aromatic heterocycles. The van der Waals surface area contributed by atoms with Crippen LogP contribution in [0.25, 0.3) is 21.5 Å². The van der Waals surface area contributed by atoms with Gasteiger partial charge in [0.05, 0.1) is 0 Å². The molecule has 0 spiro atoms. The molecule has 8 nitrogen and oxygen atoms in total. The molecule has 0 amide bonds. The first kappa shape index (κ1) is 48.0. The fourth-order valence-corrected chi connectivity index (χ4v) is 13.7. The zero-order valence-electron chi connectivity index (χ0n) is 31.7. The van der Waals surface area contributed by atoms with Gasteiger partial charge in [0.1, 0.15) is 0 Å². The molecule has 358 valence electrons. The van der Waals surface area contributed by atoms with Crippen molar-refractivity contribution in [3.05, 3.63) is 97.3 Å².